The van der Waals surface area contributed by atoms with Gasteiger partial charge in [-0.05, 0) is 53.8 Å². The molecule has 0 aliphatic rings. The van der Waals surface area contributed by atoms with E-state index >= 15 is 0 Å². The number of nitrogens with zero attached hydrogens (tertiary/aromatic N) is 6. The molecule has 4 aromatic rings. The number of unbranched alkanes of at least 4 members (excludes halogenated alkanes) is 3. The van der Waals surface area contributed by atoms with Crippen molar-refractivity contribution in [2.24, 2.45) is 11.0 Å². The fourth-order valence-electron chi connectivity index (χ4n) is 7.48. The maximum Gasteiger partial charge on any atom is 0.308 e. The van der Waals surface area contributed by atoms with Crippen LogP contribution < -0.4 is 26.6 Å². The second kappa shape index (κ2) is 33.9. The lowest BCUT2D eigenvalue weighted by atomic mass is 10.00. The number of rotatable bonds is 35. The summed E-state index contributed by atoms with van der Waals surface area (Å²) < 4.78 is 18.0. The first-order chi connectivity index (χ1) is 35.8. The zero-order valence-corrected chi connectivity index (χ0v) is 42.6. The van der Waals surface area contributed by atoms with Crippen LogP contribution in [0, 0.1) is 5.92 Å². The fourth-order valence-corrected chi connectivity index (χ4v) is 7.48. The van der Waals surface area contributed by atoms with E-state index in [2.05, 4.69) is 53.8 Å². The van der Waals surface area contributed by atoms with Gasteiger partial charge in [0.25, 0.3) is 0 Å². The number of benzene rings is 3. The van der Waals surface area contributed by atoms with Gasteiger partial charge in [-0.15, -0.1) is 5.10 Å². The summed E-state index contributed by atoms with van der Waals surface area (Å²) in [6.45, 7) is 7.09. The van der Waals surface area contributed by atoms with Crippen LogP contribution in [-0.4, -0.2) is 107 Å². The Morgan fingerprint density at radius 1 is 0.662 bits per heavy atom. The van der Waals surface area contributed by atoms with Gasteiger partial charge in [0.15, 0.2) is 0 Å². The summed E-state index contributed by atoms with van der Waals surface area (Å²) in [5, 5.41) is 25.3. The van der Waals surface area contributed by atoms with Crippen molar-refractivity contribution in [1.29, 1.82) is 0 Å². The van der Waals surface area contributed by atoms with Crippen LogP contribution in [0.15, 0.2) is 102 Å². The Hall–Kier alpha value is -7.64. The second-order valence-electron chi connectivity index (χ2n) is 18.1. The van der Waals surface area contributed by atoms with Gasteiger partial charge in [0.2, 0.25) is 29.5 Å². The molecule has 5 N–H and O–H groups in total. The Kier molecular flexibility index (Phi) is 27.0. The van der Waals surface area contributed by atoms with E-state index in [1.807, 2.05) is 38.1 Å². The molecule has 0 aliphatic heterocycles. The summed E-state index contributed by atoms with van der Waals surface area (Å²) in [5.74, 6) is -5.32. The zero-order valence-electron chi connectivity index (χ0n) is 42.6. The second-order valence-corrected chi connectivity index (χ2v) is 18.1. The van der Waals surface area contributed by atoms with Gasteiger partial charge in [-0.2, -0.15) is 0 Å². The highest BCUT2D eigenvalue weighted by molar-refractivity contribution is 5.97. The summed E-state index contributed by atoms with van der Waals surface area (Å²) in [6.07, 6.45) is 5.01. The van der Waals surface area contributed by atoms with Crippen molar-refractivity contribution in [2.45, 2.75) is 135 Å². The van der Waals surface area contributed by atoms with Gasteiger partial charge in [-0.3, -0.25) is 33.6 Å². The minimum absolute atomic E-state index is 0.0453. The van der Waals surface area contributed by atoms with Crippen LogP contribution in [-0.2, 0) is 80.4 Å². The molecular formula is C53H71N11O10. The quantitative estimate of drug-likeness (QED) is 0.0132. The number of hydrogen-bond donors (Lipinski definition) is 5. The Bertz CT molecular complexity index is 2400. The van der Waals surface area contributed by atoms with Crippen LogP contribution >= 0.6 is 0 Å². The van der Waals surface area contributed by atoms with Crippen molar-refractivity contribution in [1.82, 2.24) is 41.6 Å². The van der Waals surface area contributed by atoms with E-state index < -0.39 is 78.5 Å². The van der Waals surface area contributed by atoms with E-state index in [9.17, 15) is 33.6 Å². The largest absolute Gasteiger partial charge is 0.461 e. The molecular weight excluding hydrogens is 951 g/mol. The topological polar surface area (TPSA) is 287 Å². The molecule has 0 spiro atoms. The third kappa shape index (κ3) is 23.7. The first-order valence-corrected chi connectivity index (χ1v) is 25.2. The van der Waals surface area contributed by atoms with E-state index in [-0.39, 0.29) is 58.1 Å². The lowest BCUT2D eigenvalue weighted by Crippen LogP contribution is -2.59. The Balaban J connectivity index is 1.50. The number of carbonyl (C=O) groups is 7. The van der Waals surface area contributed by atoms with Crippen molar-refractivity contribution in [3.05, 3.63) is 130 Å². The summed E-state index contributed by atoms with van der Waals surface area (Å²) in [5.41, 5.74) is 11.2. The molecule has 0 fully saturated rings. The first kappa shape index (κ1) is 58.9. The average molecular weight is 1020 g/mol. The number of ether oxygens (including phenoxy) is 3. The molecule has 3 aromatic carbocycles. The van der Waals surface area contributed by atoms with E-state index in [1.165, 1.54) is 0 Å². The summed E-state index contributed by atoms with van der Waals surface area (Å²) in [4.78, 5) is 99.4. The molecule has 5 amide bonds. The lowest BCUT2D eigenvalue weighted by Gasteiger charge is -2.27. The molecule has 4 atom stereocenters. The van der Waals surface area contributed by atoms with Gasteiger partial charge >= 0.3 is 11.9 Å². The van der Waals surface area contributed by atoms with E-state index in [0.29, 0.717) is 49.2 Å². The normalized spacial score (nSPS) is 12.5. The molecule has 0 unspecified atom stereocenters. The molecule has 0 saturated heterocycles. The Morgan fingerprint density at radius 3 is 1.80 bits per heavy atom. The summed E-state index contributed by atoms with van der Waals surface area (Å²) in [7, 11) is 0. The van der Waals surface area contributed by atoms with Crippen molar-refractivity contribution in [2.75, 3.05) is 26.3 Å². The maximum atomic E-state index is 14.4. The van der Waals surface area contributed by atoms with Crippen molar-refractivity contribution < 1.29 is 47.8 Å². The molecule has 1 aromatic heterocycles. The van der Waals surface area contributed by atoms with E-state index in [0.717, 1.165) is 24.8 Å². The van der Waals surface area contributed by atoms with Crippen LogP contribution in [0.25, 0.3) is 10.4 Å². The number of amides is 5. The highest BCUT2D eigenvalue weighted by Gasteiger charge is 2.34. The Morgan fingerprint density at radius 2 is 1.22 bits per heavy atom. The number of aryl methyl sites for hydroxylation is 1. The number of hydrogen-bond acceptors (Lipinski definition) is 13. The van der Waals surface area contributed by atoms with Crippen LogP contribution in [0.5, 0.6) is 0 Å². The molecule has 0 bridgehead atoms. The van der Waals surface area contributed by atoms with E-state index in [1.54, 1.807) is 77.6 Å². The highest BCUT2D eigenvalue weighted by Crippen LogP contribution is 2.12. The average Bonchev–Trinajstić information content (AvgIpc) is 3.85. The van der Waals surface area contributed by atoms with Crippen molar-refractivity contribution >= 4 is 41.5 Å². The summed E-state index contributed by atoms with van der Waals surface area (Å²) in [6, 6.07) is 21.4. The fraction of sp³-hybridized carbons (Fsp3) is 0.491. The summed E-state index contributed by atoms with van der Waals surface area (Å²) >= 11 is 0. The number of carbonyl (C=O) groups excluding carboxylic acids is 7. The highest BCUT2D eigenvalue weighted by atomic mass is 16.5. The predicted octanol–water partition coefficient (Wildman–Crippen LogP) is 5.12. The van der Waals surface area contributed by atoms with Gasteiger partial charge < -0.3 is 40.8 Å². The molecule has 1 heterocycles. The molecule has 0 saturated carbocycles. The third-order valence-corrected chi connectivity index (χ3v) is 11.4. The van der Waals surface area contributed by atoms with Crippen LogP contribution in [0.3, 0.4) is 0 Å². The minimum atomic E-state index is -1.64. The number of esters is 2. The third-order valence-electron chi connectivity index (χ3n) is 11.4. The van der Waals surface area contributed by atoms with Crippen LogP contribution in [0.4, 0.5) is 0 Å². The first-order valence-electron chi connectivity index (χ1n) is 25.2. The lowest BCUT2D eigenvalue weighted by molar-refractivity contribution is -0.149. The van der Waals surface area contributed by atoms with Crippen LogP contribution in [0.1, 0.15) is 101 Å². The molecule has 398 valence electrons. The predicted molar refractivity (Wildman–Crippen MR) is 274 cm³/mol. The Labute approximate surface area is 432 Å². The van der Waals surface area contributed by atoms with Crippen LogP contribution in [0.2, 0.25) is 0 Å². The number of aromatic nitrogens is 3. The minimum Gasteiger partial charge on any atom is -0.461 e. The van der Waals surface area contributed by atoms with Gasteiger partial charge in [0.1, 0.15) is 37.4 Å². The zero-order chi connectivity index (χ0) is 53.3. The van der Waals surface area contributed by atoms with Gasteiger partial charge in [-0.1, -0.05) is 141 Å². The van der Waals surface area contributed by atoms with Gasteiger partial charge in [0.05, 0.1) is 38.3 Å². The van der Waals surface area contributed by atoms with Crippen molar-refractivity contribution in [3.63, 3.8) is 0 Å². The smallest absolute Gasteiger partial charge is 0.308 e. The molecule has 0 aliphatic carbocycles. The molecule has 74 heavy (non-hydrogen) atoms. The molecule has 0 radical (unpaired) electrons. The maximum absolute atomic E-state index is 14.4. The number of azide groups is 1. The molecule has 21 heteroatoms. The monoisotopic (exact) mass is 1020 g/mol. The van der Waals surface area contributed by atoms with Gasteiger partial charge in [-0.25, -0.2) is 4.68 Å². The molecule has 4 rings (SSSR count). The molecule has 21 nitrogen and oxygen atoms in total. The number of nitrogens with one attached hydrogen (secondary N) is 5. The van der Waals surface area contributed by atoms with E-state index in [4.69, 9.17) is 19.7 Å². The SMILES string of the molecule is CCCCCCNC(=O)[C@H](CC(=O)OCc1ccccc1)NC(=O)[C@@H](CC(=O)OCc1ccccc1)NC(=O)[C@H](CC(C)C)NC(=O)[C@@H](Cc1ccccc1)NC(=O)CCCc1cn(CCOCCN=[N+]=[N-])nn1. The van der Waals surface area contributed by atoms with Gasteiger partial charge in [0, 0.05) is 37.0 Å². The van der Waals surface area contributed by atoms with Crippen molar-refractivity contribution in [3.8, 4) is 0 Å². The standard InChI is InChI=1S/C53H71N11O10/c1-4-5-6-16-26-55-50(68)45(33-48(66)73-36-40-20-12-8-13-21-40)59-53(71)46(34-49(67)74-37-41-22-14-9-15-23-41)60-51(69)43(31-38(2)3)58-52(70)44(32-39-18-10-7-11-19-39)57-47(65)25-17-24-42-35-64(63-61-42)28-30-72-29-27-56-62-54/h7-15,18-23,35,38,43-46H,4-6,16-17,24-34,36-37H2,1-3H3,(H,55,68)(H,57,65)(H,58,70)(H,59,71)(H,60,69)/t43-,44+,45-,46+/m0/s1.